The average Bonchev–Trinajstić information content (AvgIpc) is 2.75. The summed E-state index contributed by atoms with van der Waals surface area (Å²) in [5, 5.41) is 2.88. The molecule has 20 heavy (non-hydrogen) atoms. The Balaban J connectivity index is 1.86. The van der Waals surface area contributed by atoms with Crippen molar-refractivity contribution in [1.82, 2.24) is 15.3 Å². The largest absolute Gasteiger partial charge is 0.444 e. The van der Waals surface area contributed by atoms with E-state index in [4.69, 9.17) is 4.74 Å². The number of carbonyl (C=O) groups excluding carboxylic acids is 1. The van der Waals surface area contributed by atoms with Crippen molar-refractivity contribution in [2.45, 2.75) is 38.8 Å². The molecule has 0 spiro atoms. The number of aromatic nitrogens is 2. The molecule has 1 saturated heterocycles. The number of ether oxygens (including phenoxy) is 1. The topological polar surface area (TPSA) is 67.3 Å². The van der Waals surface area contributed by atoms with Crippen LogP contribution in [0, 0.1) is 0 Å². The maximum absolute atomic E-state index is 11.7. The second-order valence-electron chi connectivity index (χ2n) is 5.78. The summed E-state index contributed by atoms with van der Waals surface area (Å²) < 4.78 is 6.10. The second-order valence-corrected chi connectivity index (χ2v) is 6.69. The number of amides is 1. The predicted octanol–water partition coefficient (Wildman–Crippen LogP) is 2.34. The van der Waals surface area contributed by atoms with Crippen LogP contribution in [0.5, 0.6) is 0 Å². The van der Waals surface area contributed by atoms with Gasteiger partial charge in [-0.25, -0.2) is 14.8 Å². The Morgan fingerprint density at radius 1 is 1.45 bits per heavy atom. The van der Waals surface area contributed by atoms with Gasteiger partial charge >= 0.3 is 6.09 Å². The summed E-state index contributed by atoms with van der Waals surface area (Å²) in [5.41, 5.74) is -0.475. The van der Waals surface area contributed by atoms with Crippen LogP contribution in [0.15, 0.2) is 16.9 Å². The van der Waals surface area contributed by atoms with Crippen molar-refractivity contribution in [2.24, 2.45) is 0 Å². The number of anilines is 1. The lowest BCUT2D eigenvalue weighted by atomic mass is 10.2. The molecule has 0 aromatic carbocycles. The van der Waals surface area contributed by atoms with Gasteiger partial charge in [-0.15, -0.1) is 0 Å². The number of nitrogens with one attached hydrogen (secondary N) is 1. The molecule has 1 atom stereocenters. The van der Waals surface area contributed by atoms with Gasteiger partial charge in [-0.05, 0) is 43.1 Å². The number of hydrogen-bond donors (Lipinski definition) is 1. The summed E-state index contributed by atoms with van der Waals surface area (Å²) >= 11 is 3.31. The van der Waals surface area contributed by atoms with Gasteiger partial charge in [0.05, 0.1) is 10.5 Å². The first-order chi connectivity index (χ1) is 9.33. The highest BCUT2D eigenvalue weighted by molar-refractivity contribution is 9.10. The summed E-state index contributed by atoms with van der Waals surface area (Å²) in [6.45, 7) is 7.07. The molecule has 0 saturated carbocycles. The quantitative estimate of drug-likeness (QED) is 0.893. The molecule has 1 aromatic rings. The third-order valence-corrected chi connectivity index (χ3v) is 3.21. The molecule has 0 radical (unpaired) electrons. The number of nitrogens with zero attached hydrogens (tertiary/aromatic N) is 3. The fourth-order valence-corrected chi connectivity index (χ4v) is 2.21. The summed E-state index contributed by atoms with van der Waals surface area (Å²) in [6.07, 6.45) is 3.92. The molecule has 6 nitrogen and oxygen atoms in total. The number of rotatable bonds is 2. The van der Waals surface area contributed by atoms with Gasteiger partial charge in [0.15, 0.2) is 0 Å². The molecule has 2 heterocycles. The third-order valence-electron chi connectivity index (χ3n) is 2.80. The Hall–Kier alpha value is -1.37. The number of halogens is 1. The SMILES string of the molecule is CC(C)(C)OC(=O)N[C@@H]1CCN(c2ncc(Br)cn2)C1. The summed E-state index contributed by atoms with van der Waals surface area (Å²) in [7, 11) is 0. The van der Waals surface area contributed by atoms with Gasteiger partial charge in [0.1, 0.15) is 5.60 Å². The smallest absolute Gasteiger partial charge is 0.407 e. The first kappa shape index (κ1) is 15.0. The van der Waals surface area contributed by atoms with Crippen LogP contribution in [0.3, 0.4) is 0 Å². The van der Waals surface area contributed by atoms with Gasteiger partial charge in [0.2, 0.25) is 5.95 Å². The lowest BCUT2D eigenvalue weighted by molar-refractivity contribution is 0.0509. The minimum absolute atomic E-state index is 0.0668. The molecule has 1 amide bonds. The highest BCUT2D eigenvalue weighted by Crippen LogP contribution is 2.17. The first-order valence-electron chi connectivity index (χ1n) is 6.55. The molecular weight excluding hydrogens is 324 g/mol. The molecule has 1 N–H and O–H groups in total. The van der Waals surface area contributed by atoms with Crippen LogP contribution in [0.2, 0.25) is 0 Å². The van der Waals surface area contributed by atoms with Crippen LogP contribution in [0.4, 0.5) is 10.7 Å². The zero-order chi connectivity index (χ0) is 14.8. The Morgan fingerprint density at radius 3 is 2.70 bits per heavy atom. The Morgan fingerprint density at radius 2 is 2.10 bits per heavy atom. The lowest BCUT2D eigenvalue weighted by Gasteiger charge is -2.22. The fourth-order valence-electron chi connectivity index (χ4n) is 2.00. The van der Waals surface area contributed by atoms with Gasteiger partial charge in [-0.1, -0.05) is 0 Å². The van der Waals surface area contributed by atoms with E-state index < -0.39 is 5.60 Å². The van der Waals surface area contributed by atoms with E-state index >= 15 is 0 Å². The van der Waals surface area contributed by atoms with Crippen molar-refractivity contribution in [2.75, 3.05) is 18.0 Å². The van der Waals surface area contributed by atoms with Crippen LogP contribution in [0.1, 0.15) is 27.2 Å². The summed E-state index contributed by atoms with van der Waals surface area (Å²) in [4.78, 5) is 22.3. The highest BCUT2D eigenvalue weighted by Gasteiger charge is 2.27. The zero-order valence-electron chi connectivity index (χ0n) is 11.9. The highest BCUT2D eigenvalue weighted by atomic mass is 79.9. The molecule has 0 bridgehead atoms. The Kier molecular flexibility index (Phi) is 4.47. The number of hydrogen-bond acceptors (Lipinski definition) is 5. The second kappa shape index (κ2) is 5.95. The first-order valence-corrected chi connectivity index (χ1v) is 7.35. The summed E-state index contributed by atoms with van der Waals surface area (Å²) in [5.74, 6) is 0.682. The van der Waals surface area contributed by atoms with Crippen LogP contribution in [0.25, 0.3) is 0 Å². The van der Waals surface area contributed by atoms with Gasteiger partial charge in [-0.3, -0.25) is 0 Å². The van der Waals surface area contributed by atoms with Crippen LogP contribution < -0.4 is 10.2 Å². The molecule has 1 fully saturated rings. The molecule has 1 aromatic heterocycles. The summed E-state index contributed by atoms with van der Waals surface area (Å²) in [6, 6.07) is 0.0668. The number of carbonyl (C=O) groups is 1. The monoisotopic (exact) mass is 342 g/mol. The van der Waals surface area contributed by atoms with Crippen molar-refractivity contribution < 1.29 is 9.53 Å². The van der Waals surface area contributed by atoms with Crippen molar-refractivity contribution in [1.29, 1.82) is 0 Å². The Labute approximate surface area is 127 Å². The molecule has 0 aliphatic carbocycles. The van der Waals surface area contributed by atoms with Gasteiger partial charge in [0, 0.05) is 25.5 Å². The van der Waals surface area contributed by atoms with Crippen molar-refractivity contribution in [3.63, 3.8) is 0 Å². The van der Waals surface area contributed by atoms with E-state index in [2.05, 4.69) is 36.1 Å². The van der Waals surface area contributed by atoms with Crippen LogP contribution in [-0.2, 0) is 4.74 Å². The zero-order valence-corrected chi connectivity index (χ0v) is 13.5. The van der Waals surface area contributed by atoms with E-state index in [0.29, 0.717) is 12.5 Å². The lowest BCUT2D eigenvalue weighted by Crippen LogP contribution is -2.40. The van der Waals surface area contributed by atoms with Gasteiger partial charge in [0.25, 0.3) is 0 Å². The average molecular weight is 343 g/mol. The van der Waals surface area contributed by atoms with E-state index in [1.54, 1.807) is 12.4 Å². The predicted molar refractivity (Wildman–Crippen MR) is 79.7 cm³/mol. The normalized spacial score (nSPS) is 19.0. The maximum Gasteiger partial charge on any atom is 0.407 e. The van der Waals surface area contributed by atoms with E-state index in [-0.39, 0.29) is 12.1 Å². The molecule has 0 unspecified atom stereocenters. The minimum atomic E-state index is -0.475. The maximum atomic E-state index is 11.7. The molecule has 7 heteroatoms. The molecule has 1 aliphatic rings. The minimum Gasteiger partial charge on any atom is -0.444 e. The van der Waals surface area contributed by atoms with Crippen LogP contribution >= 0.6 is 15.9 Å². The third kappa shape index (κ3) is 4.33. The molecule has 110 valence electrons. The van der Waals surface area contributed by atoms with Crippen LogP contribution in [-0.4, -0.2) is 40.8 Å². The van der Waals surface area contributed by atoms with E-state index in [0.717, 1.165) is 17.4 Å². The van der Waals surface area contributed by atoms with E-state index in [1.807, 2.05) is 20.8 Å². The molecular formula is C13H19BrN4O2. The van der Waals surface area contributed by atoms with Crippen molar-refractivity contribution >= 4 is 28.0 Å². The van der Waals surface area contributed by atoms with Crippen molar-refractivity contribution in [3.05, 3.63) is 16.9 Å². The molecule has 1 aliphatic heterocycles. The van der Waals surface area contributed by atoms with E-state index in [9.17, 15) is 4.79 Å². The standard InChI is InChI=1S/C13H19BrN4O2/c1-13(2,3)20-12(19)17-10-4-5-18(8-10)11-15-6-9(14)7-16-11/h6-7,10H,4-5,8H2,1-3H3,(H,17,19)/t10-/m1/s1. The number of alkyl carbamates (subject to hydrolysis) is 1. The van der Waals surface area contributed by atoms with Crippen molar-refractivity contribution in [3.8, 4) is 0 Å². The molecule has 2 rings (SSSR count). The Bertz CT molecular complexity index is 472. The van der Waals surface area contributed by atoms with E-state index in [1.165, 1.54) is 0 Å². The van der Waals surface area contributed by atoms with Gasteiger partial charge < -0.3 is 15.0 Å². The fraction of sp³-hybridized carbons (Fsp3) is 0.615. The van der Waals surface area contributed by atoms with Gasteiger partial charge in [-0.2, -0.15) is 0 Å².